The smallest absolute Gasteiger partial charge is 0.227 e. The highest BCUT2D eigenvalue weighted by Crippen LogP contribution is 2.17. The second-order valence-corrected chi connectivity index (χ2v) is 2.84. The minimum Gasteiger partial charge on any atom is -0.309 e. The van der Waals surface area contributed by atoms with Gasteiger partial charge in [0.05, 0.1) is 6.04 Å². The summed E-state index contributed by atoms with van der Waals surface area (Å²) in [6.45, 7) is 1.99. The van der Waals surface area contributed by atoms with Crippen molar-refractivity contribution in [3.05, 3.63) is 12.3 Å². The number of aldehydes is 1. The number of likely N-dealkylation sites (tertiary alicyclic amines) is 1. The molecule has 0 radical (unpaired) electrons. The molecule has 1 aliphatic heterocycles. The van der Waals surface area contributed by atoms with Crippen molar-refractivity contribution in [2.75, 3.05) is 0 Å². The molecule has 0 saturated carbocycles. The maximum Gasteiger partial charge on any atom is 0.227 e. The fraction of sp³-hybridized carbons (Fsp3) is 0.556. The molecule has 0 spiro atoms. The largest absolute Gasteiger partial charge is 0.309 e. The molecule has 0 aromatic heterocycles. The number of rotatable bonds is 3. The Hall–Kier alpha value is -1.12. The molecule has 0 aromatic rings. The fourth-order valence-electron chi connectivity index (χ4n) is 1.27. The molecule has 3 nitrogen and oxygen atoms in total. The monoisotopic (exact) mass is 167 g/mol. The molecule has 1 aliphatic rings. The van der Waals surface area contributed by atoms with Gasteiger partial charge in [-0.25, -0.2) is 0 Å². The summed E-state index contributed by atoms with van der Waals surface area (Å²) in [6.07, 6.45) is 6.49. The zero-order chi connectivity index (χ0) is 8.97. The van der Waals surface area contributed by atoms with E-state index in [0.29, 0.717) is 12.8 Å². The third-order valence-electron chi connectivity index (χ3n) is 1.96. The van der Waals surface area contributed by atoms with Gasteiger partial charge in [-0.3, -0.25) is 4.79 Å². The summed E-state index contributed by atoms with van der Waals surface area (Å²) in [5.41, 5.74) is 0. The van der Waals surface area contributed by atoms with E-state index in [1.54, 1.807) is 6.20 Å². The Morgan fingerprint density at radius 2 is 2.42 bits per heavy atom. The molecule has 66 valence electrons. The predicted molar refractivity (Wildman–Crippen MR) is 45.4 cm³/mol. The van der Waals surface area contributed by atoms with Crippen LogP contribution >= 0.6 is 0 Å². The van der Waals surface area contributed by atoms with Crippen molar-refractivity contribution in [1.82, 2.24) is 4.90 Å². The van der Waals surface area contributed by atoms with Crippen LogP contribution in [0.4, 0.5) is 0 Å². The van der Waals surface area contributed by atoms with Crippen LogP contribution < -0.4 is 0 Å². The van der Waals surface area contributed by atoms with Gasteiger partial charge in [-0.15, -0.1) is 0 Å². The molecule has 1 atom stereocenters. The molecular formula is C9H13NO2. The van der Waals surface area contributed by atoms with Gasteiger partial charge in [-0.2, -0.15) is 0 Å². The zero-order valence-electron chi connectivity index (χ0n) is 7.19. The van der Waals surface area contributed by atoms with E-state index >= 15 is 0 Å². The predicted octanol–water partition coefficient (Wildman–Crippen LogP) is 1.10. The highest BCUT2D eigenvalue weighted by molar-refractivity contribution is 5.84. The van der Waals surface area contributed by atoms with Gasteiger partial charge in [0.1, 0.15) is 6.29 Å². The minimum atomic E-state index is -0.222. The lowest BCUT2D eigenvalue weighted by Crippen LogP contribution is -2.28. The Morgan fingerprint density at radius 1 is 1.67 bits per heavy atom. The van der Waals surface area contributed by atoms with E-state index in [2.05, 4.69) is 0 Å². The molecule has 1 rings (SSSR count). The van der Waals surface area contributed by atoms with Gasteiger partial charge in [-0.05, 0) is 12.8 Å². The van der Waals surface area contributed by atoms with Crippen LogP contribution in [0.25, 0.3) is 0 Å². The van der Waals surface area contributed by atoms with Crippen LogP contribution in [0.2, 0.25) is 0 Å². The average molecular weight is 167 g/mol. The number of hydrogen-bond donors (Lipinski definition) is 0. The molecule has 0 N–H and O–H groups in total. The average Bonchev–Trinajstić information content (AvgIpc) is 2.43. The van der Waals surface area contributed by atoms with Crippen LogP contribution in [0.3, 0.4) is 0 Å². The molecule has 1 heterocycles. The molecule has 12 heavy (non-hydrogen) atoms. The van der Waals surface area contributed by atoms with E-state index in [1.165, 1.54) is 4.90 Å². The van der Waals surface area contributed by atoms with E-state index in [-0.39, 0.29) is 11.9 Å². The summed E-state index contributed by atoms with van der Waals surface area (Å²) < 4.78 is 0. The molecular weight excluding hydrogens is 154 g/mol. The van der Waals surface area contributed by atoms with Crippen LogP contribution in [-0.2, 0) is 9.59 Å². The lowest BCUT2D eigenvalue weighted by atomic mass is 10.2. The van der Waals surface area contributed by atoms with Crippen molar-refractivity contribution in [3.63, 3.8) is 0 Å². The van der Waals surface area contributed by atoms with E-state index in [9.17, 15) is 9.59 Å². The van der Waals surface area contributed by atoms with Crippen molar-refractivity contribution in [1.29, 1.82) is 0 Å². The number of carbonyl (C=O) groups excluding carboxylic acids is 2. The lowest BCUT2D eigenvalue weighted by molar-refractivity contribution is -0.128. The van der Waals surface area contributed by atoms with Gasteiger partial charge >= 0.3 is 0 Å². The number of hydrogen-bond acceptors (Lipinski definition) is 2. The number of amides is 1. The first-order valence-electron chi connectivity index (χ1n) is 4.22. The normalized spacial score (nSPS) is 23.9. The zero-order valence-corrected chi connectivity index (χ0v) is 7.19. The van der Waals surface area contributed by atoms with E-state index in [4.69, 9.17) is 0 Å². The Balaban J connectivity index is 2.63. The van der Waals surface area contributed by atoms with E-state index in [0.717, 1.165) is 12.7 Å². The van der Waals surface area contributed by atoms with Crippen LogP contribution in [0.5, 0.6) is 0 Å². The van der Waals surface area contributed by atoms with Crippen LogP contribution in [0, 0.1) is 0 Å². The second kappa shape index (κ2) is 4.04. The van der Waals surface area contributed by atoms with E-state index < -0.39 is 0 Å². The Morgan fingerprint density at radius 3 is 3.00 bits per heavy atom. The molecule has 0 aromatic carbocycles. The quantitative estimate of drug-likeness (QED) is 0.590. The Labute approximate surface area is 72.0 Å². The molecule has 0 aliphatic carbocycles. The third-order valence-corrected chi connectivity index (χ3v) is 1.96. The van der Waals surface area contributed by atoms with Gasteiger partial charge in [-0.1, -0.05) is 13.0 Å². The highest BCUT2D eigenvalue weighted by atomic mass is 16.2. The van der Waals surface area contributed by atoms with Crippen molar-refractivity contribution < 1.29 is 9.59 Å². The molecule has 0 bridgehead atoms. The standard InChI is InChI=1S/C9H13NO2/c1-2-3-6-10-8(7-11)4-5-9(10)12/h3,6-8H,2,4-5H2,1H3/b6-3+. The number of allylic oxidation sites excluding steroid dienone is 1. The summed E-state index contributed by atoms with van der Waals surface area (Å²) in [5.74, 6) is 0.0526. The summed E-state index contributed by atoms with van der Waals surface area (Å²) in [4.78, 5) is 23.2. The summed E-state index contributed by atoms with van der Waals surface area (Å²) in [5, 5.41) is 0. The molecule has 1 fully saturated rings. The first kappa shape index (κ1) is 8.97. The van der Waals surface area contributed by atoms with Gasteiger partial charge in [0, 0.05) is 12.6 Å². The molecule has 1 unspecified atom stereocenters. The van der Waals surface area contributed by atoms with Crippen molar-refractivity contribution >= 4 is 12.2 Å². The van der Waals surface area contributed by atoms with Gasteiger partial charge in [0.15, 0.2) is 0 Å². The number of carbonyl (C=O) groups is 2. The SMILES string of the molecule is CC/C=C/N1C(=O)CCC1C=O. The fourth-order valence-corrected chi connectivity index (χ4v) is 1.27. The summed E-state index contributed by atoms with van der Waals surface area (Å²) in [6, 6.07) is -0.222. The summed E-state index contributed by atoms with van der Waals surface area (Å²) in [7, 11) is 0. The van der Waals surface area contributed by atoms with Gasteiger partial charge < -0.3 is 9.69 Å². The van der Waals surface area contributed by atoms with Crippen LogP contribution in [0.1, 0.15) is 26.2 Å². The first-order chi connectivity index (χ1) is 5.79. The maximum absolute atomic E-state index is 11.2. The number of nitrogens with zero attached hydrogens (tertiary/aromatic N) is 1. The Bertz CT molecular complexity index is 211. The molecule has 3 heteroatoms. The van der Waals surface area contributed by atoms with Crippen LogP contribution in [-0.4, -0.2) is 23.1 Å². The third kappa shape index (κ3) is 1.72. The lowest BCUT2D eigenvalue weighted by Gasteiger charge is -2.14. The van der Waals surface area contributed by atoms with E-state index in [1.807, 2.05) is 13.0 Å². The van der Waals surface area contributed by atoms with Gasteiger partial charge in [0.25, 0.3) is 0 Å². The maximum atomic E-state index is 11.2. The summed E-state index contributed by atoms with van der Waals surface area (Å²) >= 11 is 0. The topological polar surface area (TPSA) is 37.4 Å². The Kier molecular flexibility index (Phi) is 3.02. The molecule has 1 saturated heterocycles. The van der Waals surface area contributed by atoms with Gasteiger partial charge in [0.2, 0.25) is 5.91 Å². The van der Waals surface area contributed by atoms with Crippen molar-refractivity contribution in [2.24, 2.45) is 0 Å². The molecule has 1 amide bonds. The minimum absolute atomic E-state index is 0.0526. The first-order valence-corrected chi connectivity index (χ1v) is 4.22. The second-order valence-electron chi connectivity index (χ2n) is 2.84. The van der Waals surface area contributed by atoms with Crippen molar-refractivity contribution in [3.8, 4) is 0 Å². The van der Waals surface area contributed by atoms with Crippen molar-refractivity contribution in [2.45, 2.75) is 32.2 Å². The van der Waals surface area contributed by atoms with Crippen LogP contribution in [0.15, 0.2) is 12.3 Å². The highest BCUT2D eigenvalue weighted by Gasteiger charge is 2.28.